The molecule has 96 valence electrons. The van der Waals surface area contributed by atoms with Crippen molar-refractivity contribution < 1.29 is 9.59 Å². The van der Waals surface area contributed by atoms with Gasteiger partial charge in [-0.3, -0.25) is 9.69 Å². The van der Waals surface area contributed by atoms with Crippen molar-refractivity contribution in [3.05, 3.63) is 0 Å². The number of nitrogens with two attached hydrogens (primary N) is 1. The van der Waals surface area contributed by atoms with Crippen LogP contribution in [0.1, 0.15) is 39.0 Å². The van der Waals surface area contributed by atoms with Gasteiger partial charge in [-0.2, -0.15) is 0 Å². The second kappa shape index (κ2) is 4.64. The maximum Gasteiger partial charge on any atom is 0.325 e. The molecule has 5 nitrogen and oxygen atoms in total. The van der Waals surface area contributed by atoms with E-state index >= 15 is 0 Å². The van der Waals surface area contributed by atoms with Crippen LogP contribution in [0.2, 0.25) is 0 Å². The Kier molecular flexibility index (Phi) is 3.38. The molecule has 1 spiro atoms. The summed E-state index contributed by atoms with van der Waals surface area (Å²) in [5, 5.41) is 2.90. The SMILES string of the molecule is CC1CCC2(CC1)NC(=O)N(CCCN)C2=O. The molecule has 3 N–H and O–H groups in total. The quantitative estimate of drug-likeness (QED) is 0.716. The number of amides is 3. The van der Waals surface area contributed by atoms with Gasteiger partial charge in [-0.05, 0) is 44.6 Å². The molecule has 2 rings (SSSR count). The zero-order chi connectivity index (χ0) is 12.5. The number of rotatable bonds is 3. The first-order chi connectivity index (χ1) is 8.09. The standard InChI is InChI=1S/C12H21N3O2/c1-9-3-5-12(6-4-9)10(16)15(8-2-7-13)11(17)14-12/h9H,2-8,13H2,1H3,(H,14,17). The van der Waals surface area contributed by atoms with Gasteiger partial charge in [0.1, 0.15) is 5.54 Å². The third-order valence-electron chi connectivity index (χ3n) is 3.96. The summed E-state index contributed by atoms with van der Waals surface area (Å²) < 4.78 is 0. The average Bonchev–Trinajstić information content (AvgIpc) is 2.54. The molecule has 1 saturated heterocycles. The summed E-state index contributed by atoms with van der Waals surface area (Å²) in [6.45, 7) is 3.14. The topological polar surface area (TPSA) is 75.4 Å². The predicted octanol–water partition coefficient (Wildman–Crippen LogP) is 0.836. The van der Waals surface area contributed by atoms with Crippen molar-refractivity contribution in [1.29, 1.82) is 0 Å². The molecule has 1 saturated carbocycles. The van der Waals surface area contributed by atoms with E-state index in [9.17, 15) is 9.59 Å². The van der Waals surface area contributed by atoms with Crippen LogP contribution in [0.15, 0.2) is 0 Å². The minimum absolute atomic E-state index is 0.0390. The summed E-state index contributed by atoms with van der Waals surface area (Å²) in [5.41, 5.74) is 4.82. The first kappa shape index (κ1) is 12.4. The van der Waals surface area contributed by atoms with Crippen LogP contribution in [-0.2, 0) is 4.79 Å². The minimum atomic E-state index is -0.599. The molecule has 2 fully saturated rings. The first-order valence-electron chi connectivity index (χ1n) is 6.43. The van der Waals surface area contributed by atoms with E-state index in [0.29, 0.717) is 25.4 Å². The van der Waals surface area contributed by atoms with Crippen LogP contribution < -0.4 is 11.1 Å². The molecule has 5 heteroatoms. The fourth-order valence-electron chi connectivity index (χ4n) is 2.72. The van der Waals surface area contributed by atoms with Crippen LogP contribution in [-0.4, -0.2) is 35.5 Å². The molecule has 0 aromatic rings. The van der Waals surface area contributed by atoms with Crippen LogP contribution in [0.5, 0.6) is 0 Å². The highest BCUT2D eigenvalue weighted by Crippen LogP contribution is 2.36. The van der Waals surface area contributed by atoms with Gasteiger partial charge in [-0.1, -0.05) is 6.92 Å². The Labute approximate surface area is 102 Å². The zero-order valence-corrected chi connectivity index (χ0v) is 10.4. The van der Waals surface area contributed by atoms with E-state index in [1.807, 2.05) is 0 Å². The van der Waals surface area contributed by atoms with Crippen LogP contribution >= 0.6 is 0 Å². The van der Waals surface area contributed by atoms with Gasteiger partial charge in [0.05, 0.1) is 0 Å². The van der Waals surface area contributed by atoms with Gasteiger partial charge in [0.15, 0.2) is 0 Å². The number of hydrogen-bond donors (Lipinski definition) is 2. The highest BCUT2D eigenvalue weighted by molar-refractivity contribution is 6.07. The van der Waals surface area contributed by atoms with Gasteiger partial charge < -0.3 is 11.1 Å². The fourth-order valence-corrected chi connectivity index (χ4v) is 2.72. The Hall–Kier alpha value is -1.10. The van der Waals surface area contributed by atoms with Crippen LogP contribution in [0, 0.1) is 5.92 Å². The Morgan fingerprint density at radius 3 is 2.65 bits per heavy atom. The first-order valence-corrected chi connectivity index (χ1v) is 6.43. The number of urea groups is 1. The van der Waals surface area contributed by atoms with Gasteiger partial charge >= 0.3 is 6.03 Å². The van der Waals surface area contributed by atoms with Gasteiger partial charge in [0, 0.05) is 6.54 Å². The van der Waals surface area contributed by atoms with E-state index in [0.717, 1.165) is 25.7 Å². The van der Waals surface area contributed by atoms with Gasteiger partial charge in [-0.25, -0.2) is 4.79 Å². The molecule has 0 unspecified atom stereocenters. The monoisotopic (exact) mass is 239 g/mol. The molecule has 2 aliphatic rings. The number of nitrogens with one attached hydrogen (secondary N) is 1. The molecule has 17 heavy (non-hydrogen) atoms. The molecular formula is C12H21N3O2. The Bertz CT molecular complexity index is 322. The smallest absolute Gasteiger partial charge is 0.325 e. The van der Waals surface area contributed by atoms with Crippen molar-refractivity contribution in [2.45, 2.75) is 44.6 Å². The summed E-state index contributed by atoms with van der Waals surface area (Å²) in [4.78, 5) is 25.4. The lowest BCUT2D eigenvalue weighted by Crippen LogP contribution is -2.49. The van der Waals surface area contributed by atoms with Crippen LogP contribution in [0.25, 0.3) is 0 Å². The maximum atomic E-state index is 12.3. The minimum Gasteiger partial charge on any atom is -0.330 e. The zero-order valence-electron chi connectivity index (χ0n) is 10.4. The third kappa shape index (κ3) is 2.16. The van der Waals surface area contributed by atoms with E-state index in [1.165, 1.54) is 4.90 Å². The van der Waals surface area contributed by atoms with Crippen molar-refractivity contribution in [2.75, 3.05) is 13.1 Å². The Morgan fingerprint density at radius 1 is 1.41 bits per heavy atom. The number of imide groups is 1. The molecule has 0 atom stereocenters. The van der Waals surface area contributed by atoms with Crippen LogP contribution in [0.3, 0.4) is 0 Å². The summed E-state index contributed by atoms with van der Waals surface area (Å²) in [7, 11) is 0. The van der Waals surface area contributed by atoms with Crippen molar-refractivity contribution in [3.63, 3.8) is 0 Å². The lowest BCUT2D eigenvalue weighted by Gasteiger charge is -2.33. The molecular weight excluding hydrogens is 218 g/mol. The lowest BCUT2D eigenvalue weighted by atomic mass is 9.77. The number of hydrogen-bond acceptors (Lipinski definition) is 3. The molecule has 0 radical (unpaired) electrons. The number of carbonyl (C=O) groups excluding carboxylic acids is 2. The Balaban J connectivity index is 2.06. The summed E-state index contributed by atoms with van der Waals surface area (Å²) >= 11 is 0. The van der Waals surface area contributed by atoms with E-state index < -0.39 is 5.54 Å². The van der Waals surface area contributed by atoms with Crippen molar-refractivity contribution in [1.82, 2.24) is 10.2 Å². The summed E-state index contributed by atoms with van der Waals surface area (Å²) in [6, 6.07) is -0.238. The Morgan fingerprint density at radius 2 is 2.06 bits per heavy atom. The van der Waals surface area contributed by atoms with Crippen molar-refractivity contribution in [2.24, 2.45) is 11.7 Å². The largest absolute Gasteiger partial charge is 0.330 e. The van der Waals surface area contributed by atoms with Crippen molar-refractivity contribution >= 4 is 11.9 Å². The number of carbonyl (C=O) groups is 2. The van der Waals surface area contributed by atoms with E-state index in [2.05, 4.69) is 12.2 Å². The number of nitrogens with zero attached hydrogens (tertiary/aromatic N) is 1. The molecule has 1 aliphatic carbocycles. The second-order valence-electron chi connectivity index (χ2n) is 5.29. The van der Waals surface area contributed by atoms with E-state index in [1.54, 1.807) is 0 Å². The molecule has 1 aliphatic heterocycles. The highest BCUT2D eigenvalue weighted by Gasteiger charge is 2.51. The summed E-state index contributed by atoms with van der Waals surface area (Å²) in [6.07, 6.45) is 4.24. The highest BCUT2D eigenvalue weighted by atomic mass is 16.2. The molecule has 1 heterocycles. The van der Waals surface area contributed by atoms with Crippen molar-refractivity contribution in [3.8, 4) is 0 Å². The maximum absolute atomic E-state index is 12.3. The van der Waals surface area contributed by atoms with Gasteiger partial charge in [0.2, 0.25) is 0 Å². The van der Waals surface area contributed by atoms with E-state index in [4.69, 9.17) is 5.73 Å². The molecule has 0 aromatic carbocycles. The van der Waals surface area contributed by atoms with Gasteiger partial charge in [0.25, 0.3) is 5.91 Å². The fraction of sp³-hybridized carbons (Fsp3) is 0.833. The lowest BCUT2D eigenvalue weighted by molar-refractivity contribution is -0.132. The predicted molar refractivity (Wildman–Crippen MR) is 64.3 cm³/mol. The molecule has 3 amide bonds. The normalized spacial score (nSPS) is 33.3. The van der Waals surface area contributed by atoms with E-state index in [-0.39, 0.29) is 11.9 Å². The third-order valence-corrected chi connectivity index (χ3v) is 3.96. The van der Waals surface area contributed by atoms with Gasteiger partial charge in [-0.15, -0.1) is 0 Å². The molecule has 0 aromatic heterocycles. The second-order valence-corrected chi connectivity index (χ2v) is 5.29. The summed E-state index contributed by atoms with van der Waals surface area (Å²) in [5.74, 6) is 0.617. The van der Waals surface area contributed by atoms with Crippen LogP contribution in [0.4, 0.5) is 4.79 Å². The average molecular weight is 239 g/mol. The molecule has 0 bridgehead atoms.